The molecule has 2 N–H and O–H groups in total. The molecule has 1 atom stereocenters. The lowest BCUT2D eigenvalue weighted by Gasteiger charge is -2.35. The molecular formula is C20H19N3O4. The smallest absolute Gasteiger partial charge is 0.262 e. The number of ether oxygens (including phenoxy) is 1. The molecule has 0 radical (unpaired) electrons. The third kappa shape index (κ3) is 3.48. The minimum absolute atomic E-state index is 0.0760. The number of benzene rings is 2. The van der Waals surface area contributed by atoms with Crippen LogP contribution in [0.2, 0.25) is 0 Å². The number of amides is 3. The Hall–Kier alpha value is -3.35. The maximum Gasteiger partial charge on any atom is 0.262 e. The standard InChI is InChI=1S/C20H19N3O4/c24-18-12-27-17-11-14(6-7-15(17)22-18)20(26)23-9-8-21-19(25)16(23)10-13-4-2-1-3-5-13/h1-7,11,16H,8-10,12H2,(H,21,25)(H,22,24)/t16-/m1/s1. The number of carbonyl (C=O) groups is 3. The van der Waals surface area contributed by atoms with Gasteiger partial charge in [-0.15, -0.1) is 0 Å². The van der Waals surface area contributed by atoms with Crippen LogP contribution in [-0.2, 0) is 16.0 Å². The molecule has 0 unspecified atom stereocenters. The third-order valence-electron chi connectivity index (χ3n) is 4.72. The van der Waals surface area contributed by atoms with Gasteiger partial charge in [-0.25, -0.2) is 0 Å². The van der Waals surface area contributed by atoms with Crippen molar-refractivity contribution in [2.75, 3.05) is 25.0 Å². The molecule has 0 saturated carbocycles. The lowest BCUT2D eigenvalue weighted by Crippen LogP contribution is -2.58. The molecule has 3 amide bonds. The Morgan fingerprint density at radius 2 is 1.96 bits per heavy atom. The summed E-state index contributed by atoms with van der Waals surface area (Å²) in [6.45, 7) is 0.789. The average molecular weight is 365 g/mol. The molecule has 0 spiro atoms. The molecule has 2 heterocycles. The van der Waals surface area contributed by atoms with Crippen molar-refractivity contribution in [1.82, 2.24) is 10.2 Å². The minimum atomic E-state index is -0.565. The molecule has 2 aliphatic rings. The van der Waals surface area contributed by atoms with Gasteiger partial charge in [0, 0.05) is 25.1 Å². The first kappa shape index (κ1) is 17.1. The van der Waals surface area contributed by atoms with Crippen molar-refractivity contribution in [1.29, 1.82) is 0 Å². The van der Waals surface area contributed by atoms with Crippen LogP contribution in [0.4, 0.5) is 5.69 Å². The molecule has 2 aromatic carbocycles. The van der Waals surface area contributed by atoms with Crippen molar-refractivity contribution >= 4 is 23.4 Å². The predicted molar refractivity (Wildman–Crippen MR) is 98.5 cm³/mol. The Bertz CT molecular complexity index is 897. The van der Waals surface area contributed by atoms with Gasteiger partial charge in [0.2, 0.25) is 5.91 Å². The Kier molecular flexibility index (Phi) is 4.50. The van der Waals surface area contributed by atoms with Crippen LogP contribution in [-0.4, -0.2) is 48.4 Å². The van der Waals surface area contributed by atoms with Crippen LogP contribution in [0.15, 0.2) is 48.5 Å². The van der Waals surface area contributed by atoms with Crippen molar-refractivity contribution in [2.45, 2.75) is 12.5 Å². The molecule has 2 aliphatic heterocycles. The molecular weight excluding hydrogens is 346 g/mol. The highest BCUT2D eigenvalue weighted by Crippen LogP contribution is 2.29. The number of nitrogens with zero attached hydrogens (tertiary/aromatic N) is 1. The molecule has 138 valence electrons. The van der Waals surface area contributed by atoms with E-state index in [1.54, 1.807) is 23.1 Å². The van der Waals surface area contributed by atoms with E-state index >= 15 is 0 Å². The molecule has 0 aliphatic carbocycles. The fourth-order valence-electron chi connectivity index (χ4n) is 3.37. The van der Waals surface area contributed by atoms with E-state index in [2.05, 4.69) is 10.6 Å². The Balaban J connectivity index is 1.59. The molecule has 1 fully saturated rings. The first-order valence-corrected chi connectivity index (χ1v) is 8.81. The Morgan fingerprint density at radius 1 is 1.15 bits per heavy atom. The van der Waals surface area contributed by atoms with Gasteiger partial charge < -0.3 is 20.3 Å². The summed E-state index contributed by atoms with van der Waals surface area (Å²) in [7, 11) is 0. The monoisotopic (exact) mass is 365 g/mol. The highest BCUT2D eigenvalue weighted by molar-refractivity contribution is 6.01. The molecule has 7 nitrogen and oxygen atoms in total. The summed E-state index contributed by atoms with van der Waals surface area (Å²) < 4.78 is 5.40. The molecule has 2 aromatic rings. The fourth-order valence-corrected chi connectivity index (χ4v) is 3.37. The second kappa shape index (κ2) is 7.11. The van der Waals surface area contributed by atoms with E-state index in [0.29, 0.717) is 36.5 Å². The largest absolute Gasteiger partial charge is 0.482 e. The number of nitrogens with one attached hydrogen (secondary N) is 2. The number of hydrogen-bond acceptors (Lipinski definition) is 4. The molecule has 0 aromatic heterocycles. The third-order valence-corrected chi connectivity index (χ3v) is 4.72. The van der Waals surface area contributed by atoms with Gasteiger partial charge in [-0.1, -0.05) is 30.3 Å². The summed E-state index contributed by atoms with van der Waals surface area (Å²) in [6, 6.07) is 14.0. The van der Waals surface area contributed by atoms with Crippen molar-refractivity contribution in [3.8, 4) is 5.75 Å². The zero-order valence-electron chi connectivity index (χ0n) is 14.6. The second-order valence-corrected chi connectivity index (χ2v) is 6.54. The van der Waals surface area contributed by atoms with E-state index in [0.717, 1.165) is 5.56 Å². The number of rotatable bonds is 3. The van der Waals surface area contributed by atoms with Gasteiger partial charge in [-0.05, 0) is 23.8 Å². The van der Waals surface area contributed by atoms with Crippen LogP contribution < -0.4 is 15.4 Å². The zero-order valence-corrected chi connectivity index (χ0v) is 14.6. The summed E-state index contributed by atoms with van der Waals surface area (Å²) in [6.07, 6.45) is 0.454. The summed E-state index contributed by atoms with van der Waals surface area (Å²) in [5.41, 5.74) is 1.96. The van der Waals surface area contributed by atoms with Crippen LogP contribution >= 0.6 is 0 Å². The van der Waals surface area contributed by atoms with E-state index in [1.807, 2.05) is 30.3 Å². The maximum atomic E-state index is 13.1. The van der Waals surface area contributed by atoms with Gasteiger partial charge in [0.05, 0.1) is 5.69 Å². The van der Waals surface area contributed by atoms with E-state index in [-0.39, 0.29) is 24.3 Å². The minimum Gasteiger partial charge on any atom is -0.482 e. The second-order valence-electron chi connectivity index (χ2n) is 6.54. The molecule has 27 heavy (non-hydrogen) atoms. The van der Waals surface area contributed by atoms with Gasteiger partial charge in [0.25, 0.3) is 11.8 Å². The first-order chi connectivity index (χ1) is 13.1. The van der Waals surface area contributed by atoms with Gasteiger partial charge in [-0.2, -0.15) is 0 Å². The summed E-state index contributed by atoms with van der Waals surface area (Å²) >= 11 is 0. The van der Waals surface area contributed by atoms with Crippen molar-refractivity contribution in [3.05, 3.63) is 59.7 Å². The van der Waals surface area contributed by atoms with Gasteiger partial charge in [0.15, 0.2) is 6.61 Å². The summed E-state index contributed by atoms with van der Waals surface area (Å²) in [4.78, 5) is 38.5. The van der Waals surface area contributed by atoms with Crippen molar-refractivity contribution < 1.29 is 19.1 Å². The van der Waals surface area contributed by atoms with Gasteiger partial charge >= 0.3 is 0 Å². The quantitative estimate of drug-likeness (QED) is 0.856. The lowest BCUT2D eigenvalue weighted by atomic mass is 10.0. The normalized spacial score (nSPS) is 18.8. The Labute approximate surface area is 156 Å². The van der Waals surface area contributed by atoms with Crippen LogP contribution in [0.5, 0.6) is 5.75 Å². The highest BCUT2D eigenvalue weighted by Gasteiger charge is 2.34. The number of anilines is 1. The van der Waals surface area contributed by atoms with Crippen LogP contribution in [0.1, 0.15) is 15.9 Å². The number of carbonyl (C=O) groups excluding carboxylic acids is 3. The first-order valence-electron chi connectivity index (χ1n) is 8.81. The lowest BCUT2D eigenvalue weighted by molar-refractivity contribution is -0.127. The van der Waals surface area contributed by atoms with Crippen molar-refractivity contribution in [3.63, 3.8) is 0 Å². The fraction of sp³-hybridized carbons (Fsp3) is 0.250. The molecule has 7 heteroatoms. The maximum absolute atomic E-state index is 13.1. The van der Waals surface area contributed by atoms with Crippen LogP contribution in [0, 0.1) is 0 Å². The number of piperazine rings is 1. The van der Waals surface area contributed by atoms with E-state index in [4.69, 9.17) is 4.74 Å². The molecule has 1 saturated heterocycles. The van der Waals surface area contributed by atoms with E-state index < -0.39 is 6.04 Å². The predicted octanol–water partition coefficient (Wildman–Crippen LogP) is 1.20. The SMILES string of the molecule is O=C1COc2cc(C(=O)N3CCNC(=O)[C@H]3Cc3ccccc3)ccc2N1. The molecule has 4 rings (SSSR count). The Morgan fingerprint density at radius 3 is 2.78 bits per heavy atom. The van der Waals surface area contributed by atoms with E-state index in [9.17, 15) is 14.4 Å². The number of fused-ring (bicyclic) bond motifs is 1. The highest BCUT2D eigenvalue weighted by atomic mass is 16.5. The van der Waals surface area contributed by atoms with Crippen molar-refractivity contribution in [2.24, 2.45) is 0 Å². The van der Waals surface area contributed by atoms with Crippen LogP contribution in [0.3, 0.4) is 0 Å². The van der Waals surface area contributed by atoms with Crippen LogP contribution in [0.25, 0.3) is 0 Å². The molecule has 0 bridgehead atoms. The summed E-state index contributed by atoms with van der Waals surface area (Å²) in [5.74, 6) is -0.146. The summed E-state index contributed by atoms with van der Waals surface area (Å²) in [5, 5.41) is 5.54. The van der Waals surface area contributed by atoms with Gasteiger partial charge in [0.1, 0.15) is 11.8 Å². The van der Waals surface area contributed by atoms with Gasteiger partial charge in [-0.3, -0.25) is 14.4 Å². The zero-order chi connectivity index (χ0) is 18.8. The average Bonchev–Trinajstić information content (AvgIpc) is 2.69. The number of hydrogen-bond donors (Lipinski definition) is 2. The topological polar surface area (TPSA) is 87.7 Å². The van der Waals surface area contributed by atoms with E-state index in [1.165, 1.54) is 0 Å².